The fourth-order valence-electron chi connectivity index (χ4n) is 3.93. The number of para-hydroxylation sites is 1. The second-order valence-corrected chi connectivity index (χ2v) is 7.87. The molecule has 6 nitrogen and oxygen atoms in total. The molecule has 0 aliphatic carbocycles. The van der Waals surface area contributed by atoms with Crippen LogP contribution in [0.4, 0.5) is 4.39 Å². The Hall–Kier alpha value is -3.03. The van der Waals surface area contributed by atoms with E-state index in [9.17, 15) is 9.18 Å². The van der Waals surface area contributed by atoms with Gasteiger partial charge in [0.1, 0.15) is 11.5 Å². The van der Waals surface area contributed by atoms with Crippen molar-refractivity contribution in [3.63, 3.8) is 0 Å². The first-order valence-corrected chi connectivity index (χ1v) is 10.7. The van der Waals surface area contributed by atoms with Crippen molar-refractivity contribution in [3.05, 3.63) is 83.4 Å². The molecule has 0 bridgehead atoms. The van der Waals surface area contributed by atoms with E-state index in [0.29, 0.717) is 23.5 Å². The average Bonchev–Trinajstić information content (AvgIpc) is 3.17. The number of rotatable bonds is 7. The first-order valence-electron chi connectivity index (χ1n) is 10.7. The maximum atomic E-state index is 14.1. The lowest BCUT2D eigenvalue weighted by Gasteiger charge is -2.34. The summed E-state index contributed by atoms with van der Waals surface area (Å²) in [5.74, 6) is -0.546. The summed E-state index contributed by atoms with van der Waals surface area (Å²) in [7, 11) is 0. The molecule has 7 heteroatoms. The molecule has 1 saturated heterocycles. The van der Waals surface area contributed by atoms with Gasteiger partial charge in [-0.05, 0) is 24.6 Å². The van der Waals surface area contributed by atoms with E-state index in [4.69, 9.17) is 0 Å². The third-order valence-corrected chi connectivity index (χ3v) is 5.76. The van der Waals surface area contributed by atoms with Gasteiger partial charge in [0, 0.05) is 45.8 Å². The zero-order chi connectivity index (χ0) is 21.6. The molecule has 2 heterocycles. The number of carbonyl (C=O) groups is 1. The fourth-order valence-corrected chi connectivity index (χ4v) is 3.93. The lowest BCUT2D eigenvalue weighted by Crippen LogP contribution is -2.48. The standard InChI is InChI=1S/C24H28FN5O/c1-19-21(17-27-30(19)23-10-6-5-9-22(23)25)24(31)26-11-12-28-13-15-29(16-14-28)18-20-7-3-2-4-8-20/h2-10,17H,11-16,18H2,1H3,(H,26,31). The average molecular weight is 422 g/mol. The van der Waals surface area contributed by atoms with Crippen molar-refractivity contribution in [1.82, 2.24) is 24.9 Å². The van der Waals surface area contributed by atoms with Crippen LogP contribution in [0.1, 0.15) is 21.6 Å². The van der Waals surface area contributed by atoms with E-state index in [2.05, 4.69) is 44.5 Å². The van der Waals surface area contributed by atoms with Crippen LogP contribution in [0.5, 0.6) is 0 Å². The molecule has 0 unspecified atom stereocenters. The van der Waals surface area contributed by atoms with Gasteiger partial charge in [0.25, 0.3) is 5.91 Å². The van der Waals surface area contributed by atoms with Crippen molar-refractivity contribution in [2.24, 2.45) is 0 Å². The summed E-state index contributed by atoms with van der Waals surface area (Å²) in [4.78, 5) is 17.4. The minimum atomic E-state index is -0.368. The van der Waals surface area contributed by atoms with Crippen LogP contribution in [0, 0.1) is 12.7 Å². The first kappa shape index (κ1) is 21.2. The number of nitrogens with zero attached hydrogens (tertiary/aromatic N) is 4. The van der Waals surface area contributed by atoms with E-state index in [0.717, 1.165) is 39.3 Å². The molecule has 0 spiro atoms. The van der Waals surface area contributed by atoms with Gasteiger partial charge < -0.3 is 5.32 Å². The molecule has 1 amide bonds. The fraction of sp³-hybridized carbons (Fsp3) is 0.333. The molecule has 1 aliphatic rings. The number of hydrogen-bond donors (Lipinski definition) is 1. The molecular weight excluding hydrogens is 393 g/mol. The third-order valence-electron chi connectivity index (χ3n) is 5.76. The highest BCUT2D eigenvalue weighted by molar-refractivity contribution is 5.95. The molecular formula is C24H28FN5O. The summed E-state index contributed by atoms with van der Waals surface area (Å²) in [6, 6.07) is 16.9. The van der Waals surface area contributed by atoms with Gasteiger partial charge in [-0.25, -0.2) is 9.07 Å². The van der Waals surface area contributed by atoms with Crippen molar-refractivity contribution in [2.75, 3.05) is 39.3 Å². The molecule has 2 aromatic carbocycles. The molecule has 162 valence electrons. The highest BCUT2D eigenvalue weighted by Gasteiger charge is 2.19. The SMILES string of the molecule is Cc1c(C(=O)NCCN2CCN(Cc3ccccc3)CC2)cnn1-c1ccccc1F. The van der Waals surface area contributed by atoms with Crippen molar-refractivity contribution >= 4 is 5.91 Å². The largest absolute Gasteiger partial charge is 0.351 e. The Bertz CT molecular complexity index is 1010. The highest BCUT2D eigenvalue weighted by atomic mass is 19.1. The number of amides is 1. The van der Waals surface area contributed by atoms with Gasteiger partial charge in [-0.15, -0.1) is 0 Å². The molecule has 0 atom stereocenters. The van der Waals surface area contributed by atoms with Gasteiger partial charge in [0.2, 0.25) is 0 Å². The van der Waals surface area contributed by atoms with E-state index < -0.39 is 0 Å². The number of benzene rings is 2. The van der Waals surface area contributed by atoms with Crippen LogP contribution in [0.15, 0.2) is 60.8 Å². The molecule has 4 rings (SSSR count). The third kappa shape index (κ3) is 5.18. The van der Waals surface area contributed by atoms with Gasteiger partial charge >= 0.3 is 0 Å². The second kappa shape index (κ2) is 9.85. The Kier molecular flexibility index (Phi) is 6.74. The summed E-state index contributed by atoms with van der Waals surface area (Å²) < 4.78 is 15.5. The molecule has 0 saturated carbocycles. The minimum Gasteiger partial charge on any atom is -0.351 e. The molecule has 31 heavy (non-hydrogen) atoms. The van der Waals surface area contributed by atoms with Crippen molar-refractivity contribution < 1.29 is 9.18 Å². The molecule has 1 fully saturated rings. The van der Waals surface area contributed by atoms with Crippen LogP contribution >= 0.6 is 0 Å². The van der Waals surface area contributed by atoms with E-state index in [1.807, 2.05) is 6.07 Å². The second-order valence-electron chi connectivity index (χ2n) is 7.87. The molecule has 1 N–H and O–H groups in total. The van der Waals surface area contributed by atoms with Gasteiger partial charge in [0.15, 0.2) is 0 Å². The van der Waals surface area contributed by atoms with Gasteiger partial charge in [-0.1, -0.05) is 42.5 Å². The maximum Gasteiger partial charge on any atom is 0.254 e. The van der Waals surface area contributed by atoms with Crippen LogP contribution in [0.25, 0.3) is 5.69 Å². The van der Waals surface area contributed by atoms with Crippen molar-refractivity contribution in [2.45, 2.75) is 13.5 Å². The predicted molar refractivity (Wildman–Crippen MR) is 119 cm³/mol. The summed E-state index contributed by atoms with van der Waals surface area (Å²) in [6.07, 6.45) is 1.50. The zero-order valence-electron chi connectivity index (χ0n) is 17.8. The molecule has 3 aromatic rings. The zero-order valence-corrected chi connectivity index (χ0v) is 17.8. The Morgan fingerprint density at radius 2 is 1.68 bits per heavy atom. The summed E-state index contributed by atoms with van der Waals surface area (Å²) in [5.41, 5.74) is 2.77. The van der Waals surface area contributed by atoms with Gasteiger partial charge in [-0.3, -0.25) is 14.6 Å². The quantitative estimate of drug-likeness (QED) is 0.638. The summed E-state index contributed by atoms with van der Waals surface area (Å²) in [5, 5.41) is 7.18. The molecule has 1 aromatic heterocycles. The van der Waals surface area contributed by atoms with Crippen LogP contribution in [0.3, 0.4) is 0 Å². The smallest absolute Gasteiger partial charge is 0.254 e. The molecule has 0 radical (unpaired) electrons. The van der Waals surface area contributed by atoms with Crippen molar-refractivity contribution in [1.29, 1.82) is 0 Å². The van der Waals surface area contributed by atoms with E-state index in [-0.39, 0.29) is 11.7 Å². The number of carbonyl (C=O) groups excluding carboxylic acids is 1. The molecule has 1 aliphatic heterocycles. The Morgan fingerprint density at radius 1 is 1.00 bits per heavy atom. The monoisotopic (exact) mass is 421 g/mol. The topological polar surface area (TPSA) is 53.4 Å². The van der Waals surface area contributed by atoms with Gasteiger partial charge in [0.05, 0.1) is 17.5 Å². The lowest BCUT2D eigenvalue weighted by molar-refractivity contribution is 0.0933. The van der Waals surface area contributed by atoms with Crippen LogP contribution < -0.4 is 5.32 Å². The van der Waals surface area contributed by atoms with Crippen molar-refractivity contribution in [3.8, 4) is 5.69 Å². The van der Waals surface area contributed by atoms with Crippen LogP contribution in [-0.2, 0) is 6.54 Å². The Morgan fingerprint density at radius 3 is 2.42 bits per heavy atom. The lowest BCUT2D eigenvalue weighted by atomic mass is 10.2. The van der Waals surface area contributed by atoms with Gasteiger partial charge in [-0.2, -0.15) is 5.10 Å². The summed E-state index contributed by atoms with van der Waals surface area (Å²) >= 11 is 0. The number of aromatic nitrogens is 2. The number of nitrogens with one attached hydrogen (secondary N) is 1. The normalized spacial score (nSPS) is 15.2. The predicted octanol–water partition coefficient (Wildman–Crippen LogP) is 2.87. The van der Waals surface area contributed by atoms with Crippen LogP contribution in [-0.4, -0.2) is 64.8 Å². The van der Waals surface area contributed by atoms with E-state index in [1.54, 1.807) is 25.1 Å². The Labute approximate surface area is 182 Å². The van der Waals surface area contributed by atoms with E-state index in [1.165, 1.54) is 22.5 Å². The summed E-state index contributed by atoms with van der Waals surface area (Å²) in [6.45, 7) is 8.18. The maximum absolute atomic E-state index is 14.1. The van der Waals surface area contributed by atoms with Crippen LogP contribution in [0.2, 0.25) is 0 Å². The number of piperazine rings is 1. The first-order chi connectivity index (χ1) is 15.1. The number of halogens is 1. The van der Waals surface area contributed by atoms with E-state index >= 15 is 0 Å². The minimum absolute atomic E-state index is 0.178. The Balaban J connectivity index is 1.24. The highest BCUT2D eigenvalue weighted by Crippen LogP contribution is 2.17. The number of hydrogen-bond acceptors (Lipinski definition) is 4.